The van der Waals surface area contributed by atoms with E-state index in [0.29, 0.717) is 17.0 Å². The van der Waals surface area contributed by atoms with Crippen LogP contribution in [0.1, 0.15) is 16.8 Å². The topological polar surface area (TPSA) is 81.3 Å². The van der Waals surface area contributed by atoms with E-state index in [0.717, 1.165) is 22.7 Å². The molecule has 1 atom stereocenters. The van der Waals surface area contributed by atoms with Gasteiger partial charge in [0, 0.05) is 11.8 Å². The zero-order chi connectivity index (χ0) is 24.8. The van der Waals surface area contributed by atoms with Crippen molar-refractivity contribution in [2.45, 2.75) is 18.8 Å². The van der Waals surface area contributed by atoms with E-state index in [1.807, 2.05) is 13.1 Å². The molecule has 182 valence electrons. The van der Waals surface area contributed by atoms with Crippen molar-refractivity contribution in [3.8, 4) is 11.4 Å². The van der Waals surface area contributed by atoms with Crippen LogP contribution in [0.5, 0.6) is 5.75 Å². The lowest BCUT2D eigenvalue weighted by Gasteiger charge is -2.40. The number of aliphatic hydroxyl groups is 1. The Morgan fingerprint density at radius 3 is 2.63 bits per heavy atom. The van der Waals surface area contributed by atoms with Gasteiger partial charge in [0.15, 0.2) is 5.76 Å². The Labute approximate surface area is 198 Å². The molecule has 8 nitrogen and oxygen atoms in total. The summed E-state index contributed by atoms with van der Waals surface area (Å²) in [5, 5.41) is 14.1. The number of aromatic nitrogens is 2. The number of hydrogen-bond acceptors (Lipinski definition) is 7. The number of oxime groups is 1. The van der Waals surface area contributed by atoms with E-state index in [1.54, 1.807) is 29.1 Å². The van der Waals surface area contributed by atoms with Crippen molar-refractivity contribution < 1.29 is 32.6 Å². The SMILES string of the molecule is COc1cc(C=C2OC(F)(F)CN3C2=NO[C@]3(CO)c2ccc(F)cc2)ccc1-n1cnc(C)c1. The first-order chi connectivity index (χ1) is 16.7. The summed E-state index contributed by atoms with van der Waals surface area (Å²) in [6.07, 6.45) is 1.24. The molecule has 2 aliphatic heterocycles. The molecule has 0 spiro atoms. The average molecular weight is 486 g/mol. The molecule has 0 aliphatic carbocycles. The van der Waals surface area contributed by atoms with Crippen LogP contribution in [0.3, 0.4) is 0 Å². The van der Waals surface area contributed by atoms with Crippen LogP contribution < -0.4 is 4.74 Å². The zero-order valence-corrected chi connectivity index (χ0v) is 18.8. The van der Waals surface area contributed by atoms with E-state index in [4.69, 9.17) is 14.3 Å². The molecule has 1 fully saturated rings. The summed E-state index contributed by atoms with van der Waals surface area (Å²) in [6, 6.07) is 10.1. The van der Waals surface area contributed by atoms with Gasteiger partial charge in [-0.3, -0.25) is 4.90 Å². The zero-order valence-electron chi connectivity index (χ0n) is 18.8. The highest BCUT2D eigenvalue weighted by atomic mass is 19.3. The highest BCUT2D eigenvalue weighted by molar-refractivity contribution is 6.01. The lowest BCUT2D eigenvalue weighted by atomic mass is 10.0. The molecular formula is C24H21F3N4O4. The molecule has 2 aromatic carbocycles. The minimum absolute atomic E-state index is 0.0254. The van der Waals surface area contributed by atoms with Gasteiger partial charge < -0.3 is 24.0 Å². The second-order valence-electron chi connectivity index (χ2n) is 8.14. The number of rotatable bonds is 5. The molecule has 11 heteroatoms. The standard InChI is InChI=1S/C24H21F3N4O4/c1-15-11-30(14-28-15)19-8-3-16(9-20(19)33-2)10-21-22-29-35-23(13-32,17-4-6-18(25)7-5-17)31(22)12-24(26,27)34-21/h3-11,14,32H,12-13H2,1-2H3/t23-/m1/s1. The summed E-state index contributed by atoms with van der Waals surface area (Å²) in [6.45, 7) is 0.224. The first kappa shape index (κ1) is 22.8. The maximum Gasteiger partial charge on any atom is 0.416 e. The van der Waals surface area contributed by atoms with Gasteiger partial charge in [-0.15, -0.1) is 0 Å². The number of nitrogens with zero attached hydrogens (tertiary/aromatic N) is 4. The van der Waals surface area contributed by atoms with Crippen molar-refractivity contribution in [1.82, 2.24) is 14.5 Å². The quantitative estimate of drug-likeness (QED) is 0.591. The Morgan fingerprint density at radius 2 is 1.97 bits per heavy atom. The third-order valence-corrected chi connectivity index (χ3v) is 5.80. The van der Waals surface area contributed by atoms with Crippen LogP contribution in [0.2, 0.25) is 0 Å². The molecule has 0 saturated carbocycles. The molecular weight excluding hydrogens is 465 g/mol. The first-order valence-electron chi connectivity index (χ1n) is 10.6. The third-order valence-electron chi connectivity index (χ3n) is 5.80. The second kappa shape index (κ2) is 8.35. The normalized spacial score (nSPS) is 21.8. The van der Waals surface area contributed by atoms with Crippen molar-refractivity contribution in [3.05, 3.63) is 83.4 Å². The number of halogens is 3. The van der Waals surface area contributed by atoms with Crippen molar-refractivity contribution in [2.75, 3.05) is 20.3 Å². The highest BCUT2D eigenvalue weighted by Gasteiger charge is 2.56. The number of morpholine rings is 1. The minimum Gasteiger partial charge on any atom is -0.495 e. The van der Waals surface area contributed by atoms with E-state index < -0.39 is 30.8 Å². The fraction of sp³-hybridized carbons (Fsp3) is 0.250. The summed E-state index contributed by atoms with van der Waals surface area (Å²) in [5.74, 6) is -0.316. The predicted octanol–water partition coefficient (Wildman–Crippen LogP) is 3.78. The Morgan fingerprint density at radius 1 is 1.20 bits per heavy atom. The minimum atomic E-state index is -3.61. The van der Waals surface area contributed by atoms with Crippen LogP contribution in [0.4, 0.5) is 13.2 Å². The molecule has 5 rings (SSSR count). The van der Waals surface area contributed by atoms with E-state index in [-0.39, 0.29) is 17.2 Å². The van der Waals surface area contributed by atoms with Gasteiger partial charge in [0.1, 0.15) is 24.7 Å². The Kier molecular flexibility index (Phi) is 5.43. The second-order valence-corrected chi connectivity index (χ2v) is 8.14. The number of aryl methyl sites for hydroxylation is 1. The molecule has 1 saturated heterocycles. The smallest absolute Gasteiger partial charge is 0.416 e. The lowest BCUT2D eigenvalue weighted by molar-refractivity contribution is -0.248. The molecule has 0 unspecified atom stereocenters. The Balaban J connectivity index is 1.53. The summed E-state index contributed by atoms with van der Waals surface area (Å²) < 4.78 is 55.1. The van der Waals surface area contributed by atoms with E-state index in [9.17, 15) is 18.3 Å². The molecule has 3 aromatic rings. The van der Waals surface area contributed by atoms with Crippen LogP contribution in [0, 0.1) is 12.7 Å². The van der Waals surface area contributed by atoms with Gasteiger partial charge in [0.05, 0.1) is 24.8 Å². The van der Waals surface area contributed by atoms with Crippen LogP contribution in [-0.4, -0.2) is 51.8 Å². The fourth-order valence-electron chi connectivity index (χ4n) is 4.11. The summed E-state index contributed by atoms with van der Waals surface area (Å²) in [4.78, 5) is 10.8. The third kappa shape index (κ3) is 3.97. The maximum absolute atomic E-state index is 14.7. The van der Waals surface area contributed by atoms with Gasteiger partial charge in [-0.25, -0.2) is 9.37 Å². The summed E-state index contributed by atoms with van der Waals surface area (Å²) in [7, 11) is 1.50. The summed E-state index contributed by atoms with van der Waals surface area (Å²) in [5.41, 5.74) is 0.545. The Bertz CT molecular complexity index is 1320. The van der Waals surface area contributed by atoms with E-state index >= 15 is 0 Å². The fourth-order valence-corrected chi connectivity index (χ4v) is 4.11. The number of fused-ring (bicyclic) bond motifs is 1. The molecule has 0 amide bonds. The molecule has 1 N–H and O–H groups in total. The molecule has 3 heterocycles. The number of ether oxygens (including phenoxy) is 2. The van der Waals surface area contributed by atoms with Gasteiger partial charge in [0.25, 0.3) is 5.72 Å². The molecule has 2 aliphatic rings. The van der Waals surface area contributed by atoms with Gasteiger partial charge in [-0.05, 0) is 55.0 Å². The summed E-state index contributed by atoms with van der Waals surface area (Å²) >= 11 is 0. The van der Waals surface area contributed by atoms with Crippen LogP contribution in [0.15, 0.2) is 65.9 Å². The predicted molar refractivity (Wildman–Crippen MR) is 119 cm³/mol. The maximum atomic E-state index is 14.7. The Hall–Kier alpha value is -3.99. The number of benzene rings is 2. The van der Waals surface area contributed by atoms with Crippen molar-refractivity contribution >= 4 is 11.9 Å². The van der Waals surface area contributed by atoms with Gasteiger partial charge in [-0.1, -0.05) is 11.2 Å². The number of imidazole rings is 1. The first-order valence-corrected chi connectivity index (χ1v) is 10.6. The highest BCUT2D eigenvalue weighted by Crippen LogP contribution is 2.43. The molecule has 35 heavy (non-hydrogen) atoms. The molecule has 1 aromatic heterocycles. The van der Waals surface area contributed by atoms with Crippen LogP contribution in [0.25, 0.3) is 11.8 Å². The van der Waals surface area contributed by atoms with Crippen LogP contribution >= 0.6 is 0 Å². The number of hydrogen-bond donors (Lipinski definition) is 1. The van der Waals surface area contributed by atoms with Gasteiger partial charge in [0.2, 0.25) is 5.84 Å². The molecule has 0 bridgehead atoms. The number of alkyl halides is 2. The van der Waals surface area contributed by atoms with Crippen LogP contribution in [-0.2, 0) is 15.3 Å². The number of methoxy groups -OCH3 is 1. The van der Waals surface area contributed by atoms with Crippen molar-refractivity contribution in [3.63, 3.8) is 0 Å². The van der Waals surface area contributed by atoms with Crippen molar-refractivity contribution in [2.24, 2.45) is 5.16 Å². The number of aliphatic hydroxyl groups excluding tert-OH is 1. The van der Waals surface area contributed by atoms with Gasteiger partial charge >= 0.3 is 6.11 Å². The molecule has 0 radical (unpaired) electrons. The lowest BCUT2D eigenvalue weighted by Crippen LogP contribution is -2.57. The largest absolute Gasteiger partial charge is 0.495 e. The van der Waals surface area contributed by atoms with E-state index in [1.165, 1.54) is 25.3 Å². The number of amidine groups is 1. The van der Waals surface area contributed by atoms with Crippen molar-refractivity contribution in [1.29, 1.82) is 0 Å². The average Bonchev–Trinajstić information content (AvgIpc) is 3.43. The van der Waals surface area contributed by atoms with Gasteiger partial charge in [-0.2, -0.15) is 8.78 Å². The monoisotopic (exact) mass is 486 g/mol. The van der Waals surface area contributed by atoms with E-state index in [2.05, 4.69) is 10.1 Å².